The summed E-state index contributed by atoms with van der Waals surface area (Å²) in [7, 11) is 1.70. The summed E-state index contributed by atoms with van der Waals surface area (Å²) in [5.74, 6) is 0.929. The van der Waals surface area contributed by atoms with E-state index >= 15 is 0 Å². The first kappa shape index (κ1) is 16.5. The number of methoxy groups -OCH3 is 1. The molecule has 0 atom stereocenters. The fourth-order valence-corrected chi connectivity index (χ4v) is 2.19. The van der Waals surface area contributed by atoms with Gasteiger partial charge in [-0.15, -0.1) is 0 Å². The second-order valence-electron chi connectivity index (χ2n) is 4.76. The maximum atomic E-state index is 5.50. The van der Waals surface area contributed by atoms with Crippen LogP contribution in [0.25, 0.3) is 0 Å². The van der Waals surface area contributed by atoms with E-state index in [0.717, 1.165) is 42.8 Å². The lowest BCUT2D eigenvalue weighted by molar-refractivity contribution is 0.0760. The average Bonchev–Trinajstić information content (AvgIpc) is 2.37. The molecular weight excluding hydrogens is 306 g/mol. The lowest BCUT2D eigenvalue weighted by Crippen LogP contribution is -2.16. The predicted molar refractivity (Wildman–Crippen MR) is 82.7 cm³/mol. The third kappa shape index (κ3) is 6.95. The molecule has 1 aromatic carbocycles. The molecule has 1 rings (SSSR count). The Morgan fingerprint density at radius 2 is 2.05 bits per heavy atom. The summed E-state index contributed by atoms with van der Waals surface area (Å²) < 4.78 is 11.9. The summed E-state index contributed by atoms with van der Waals surface area (Å²) >= 11 is 3.48. The van der Waals surface area contributed by atoms with Gasteiger partial charge in [0.2, 0.25) is 0 Å². The van der Waals surface area contributed by atoms with Gasteiger partial charge in [0.1, 0.15) is 5.75 Å². The largest absolute Gasteiger partial charge is 0.496 e. The minimum absolute atomic E-state index is 0.332. The van der Waals surface area contributed by atoms with Crippen molar-refractivity contribution in [2.75, 3.05) is 20.3 Å². The van der Waals surface area contributed by atoms with Crippen LogP contribution in [0.4, 0.5) is 0 Å². The van der Waals surface area contributed by atoms with Gasteiger partial charge >= 0.3 is 0 Å². The predicted octanol–water partition coefficient (Wildman–Crippen LogP) is 3.75. The van der Waals surface area contributed by atoms with Crippen LogP contribution in [0.15, 0.2) is 22.7 Å². The SMILES string of the molecule is COc1ccc(Br)cc1CNCCCCOC(C)C. The minimum atomic E-state index is 0.332. The third-order valence-electron chi connectivity index (χ3n) is 2.76. The Hall–Kier alpha value is -0.580. The number of rotatable bonds is 9. The molecule has 0 aromatic heterocycles. The van der Waals surface area contributed by atoms with Gasteiger partial charge in [0.05, 0.1) is 13.2 Å². The van der Waals surface area contributed by atoms with Crippen molar-refractivity contribution >= 4 is 15.9 Å². The van der Waals surface area contributed by atoms with Gasteiger partial charge in [-0.2, -0.15) is 0 Å². The standard InChI is InChI=1S/C15H24BrNO2/c1-12(2)19-9-5-4-8-17-11-13-10-14(16)6-7-15(13)18-3/h6-7,10,12,17H,4-5,8-9,11H2,1-3H3. The molecule has 0 heterocycles. The van der Waals surface area contributed by atoms with E-state index in [0.29, 0.717) is 6.10 Å². The molecule has 108 valence electrons. The van der Waals surface area contributed by atoms with E-state index in [4.69, 9.17) is 9.47 Å². The molecule has 0 saturated heterocycles. The van der Waals surface area contributed by atoms with Gasteiger partial charge in [-0.3, -0.25) is 0 Å². The van der Waals surface area contributed by atoms with Crippen LogP contribution in [0.2, 0.25) is 0 Å². The van der Waals surface area contributed by atoms with E-state index in [9.17, 15) is 0 Å². The van der Waals surface area contributed by atoms with Crippen LogP contribution in [-0.4, -0.2) is 26.4 Å². The van der Waals surface area contributed by atoms with E-state index in [1.54, 1.807) is 7.11 Å². The molecule has 0 aliphatic carbocycles. The van der Waals surface area contributed by atoms with E-state index in [2.05, 4.69) is 41.2 Å². The third-order valence-corrected chi connectivity index (χ3v) is 3.25. The first-order valence-electron chi connectivity index (χ1n) is 6.78. The number of hydrogen-bond donors (Lipinski definition) is 1. The number of benzene rings is 1. The fraction of sp³-hybridized carbons (Fsp3) is 0.600. The smallest absolute Gasteiger partial charge is 0.123 e. The number of halogens is 1. The zero-order chi connectivity index (χ0) is 14.1. The Kier molecular flexibility index (Phi) is 8.10. The highest BCUT2D eigenvalue weighted by atomic mass is 79.9. The van der Waals surface area contributed by atoms with Crippen molar-refractivity contribution < 1.29 is 9.47 Å². The van der Waals surface area contributed by atoms with Gasteiger partial charge < -0.3 is 14.8 Å². The van der Waals surface area contributed by atoms with Crippen LogP contribution < -0.4 is 10.1 Å². The van der Waals surface area contributed by atoms with E-state index in [1.807, 2.05) is 12.1 Å². The fourth-order valence-electron chi connectivity index (χ4n) is 1.78. The van der Waals surface area contributed by atoms with Crippen LogP contribution >= 0.6 is 15.9 Å². The Bertz CT molecular complexity index is 369. The van der Waals surface area contributed by atoms with Crippen LogP contribution in [0, 0.1) is 0 Å². The Morgan fingerprint density at radius 3 is 2.74 bits per heavy atom. The van der Waals surface area contributed by atoms with Gasteiger partial charge in [0.15, 0.2) is 0 Å². The zero-order valence-corrected chi connectivity index (χ0v) is 13.6. The van der Waals surface area contributed by atoms with Gasteiger partial charge in [0.25, 0.3) is 0 Å². The van der Waals surface area contributed by atoms with Crippen LogP contribution in [-0.2, 0) is 11.3 Å². The molecule has 0 amide bonds. The van der Waals surface area contributed by atoms with Crippen molar-refractivity contribution in [1.29, 1.82) is 0 Å². The highest BCUT2D eigenvalue weighted by Crippen LogP contribution is 2.22. The summed E-state index contributed by atoms with van der Waals surface area (Å²) in [6.45, 7) is 6.81. The summed E-state index contributed by atoms with van der Waals surface area (Å²) in [4.78, 5) is 0. The molecule has 1 N–H and O–H groups in total. The molecule has 0 unspecified atom stereocenters. The summed E-state index contributed by atoms with van der Waals surface area (Å²) in [6, 6.07) is 6.07. The minimum Gasteiger partial charge on any atom is -0.496 e. The van der Waals surface area contributed by atoms with Crippen LogP contribution in [0.3, 0.4) is 0 Å². The topological polar surface area (TPSA) is 30.5 Å². The maximum absolute atomic E-state index is 5.50. The molecule has 0 spiro atoms. The summed E-state index contributed by atoms with van der Waals surface area (Å²) in [5, 5.41) is 3.44. The Morgan fingerprint density at radius 1 is 1.26 bits per heavy atom. The second-order valence-corrected chi connectivity index (χ2v) is 5.68. The van der Waals surface area contributed by atoms with E-state index in [-0.39, 0.29) is 0 Å². The summed E-state index contributed by atoms with van der Waals surface area (Å²) in [6.07, 6.45) is 2.56. The molecule has 0 radical (unpaired) electrons. The van der Waals surface area contributed by atoms with Crippen molar-refractivity contribution in [2.24, 2.45) is 0 Å². The highest BCUT2D eigenvalue weighted by Gasteiger charge is 2.03. The molecule has 1 aromatic rings. The van der Waals surface area contributed by atoms with Crippen molar-refractivity contribution in [3.05, 3.63) is 28.2 Å². The van der Waals surface area contributed by atoms with Crippen molar-refractivity contribution in [3.8, 4) is 5.75 Å². The second kappa shape index (κ2) is 9.34. The van der Waals surface area contributed by atoms with Crippen molar-refractivity contribution in [2.45, 2.75) is 39.3 Å². The molecule has 0 aliphatic rings. The monoisotopic (exact) mass is 329 g/mol. The van der Waals surface area contributed by atoms with Crippen molar-refractivity contribution in [3.63, 3.8) is 0 Å². The Labute approximate surface area is 124 Å². The summed E-state index contributed by atoms with van der Waals surface area (Å²) in [5.41, 5.74) is 1.18. The number of nitrogens with one attached hydrogen (secondary N) is 1. The van der Waals surface area contributed by atoms with Crippen LogP contribution in [0.1, 0.15) is 32.3 Å². The number of ether oxygens (including phenoxy) is 2. The number of hydrogen-bond acceptors (Lipinski definition) is 3. The van der Waals surface area contributed by atoms with Gasteiger partial charge in [-0.25, -0.2) is 0 Å². The number of unbranched alkanes of at least 4 members (excludes halogenated alkanes) is 1. The first-order chi connectivity index (χ1) is 9.13. The molecule has 0 saturated carbocycles. The molecule has 0 aliphatic heterocycles. The van der Waals surface area contributed by atoms with Crippen LogP contribution in [0.5, 0.6) is 5.75 Å². The average molecular weight is 330 g/mol. The lowest BCUT2D eigenvalue weighted by Gasteiger charge is -2.10. The molecule has 0 fully saturated rings. The first-order valence-corrected chi connectivity index (χ1v) is 7.57. The molecule has 3 nitrogen and oxygen atoms in total. The zero-order valence-electron chi connectivity index (χ0n) is 12.0. The van der Waals surface area contributed by atoms with Gasteiger partial charge in [-0.05, 0) is 51.4 Å². The quantitative estimate of drug-likeness (QED) is 0.700. The Balaban J connectivity index is 2.20. The maximum Gasteiger partial charge on any atom is 0.123 e. The lowest BCUT2D eigenvalue weighted by atomic mass is 10.2. The molecular formula is C15H24BrNO2. The molecule has 0 bridgehead atoms. The highest BCUT2D eigenvalue weighted by molar-refractivity contribution is 9.10. The van der Waals surface area contributed by atoms with Crippen molar-refractivity contribution in [1.82, 2.24) is 5.32 Å². The normalized spacial score (nSPS) is 11.0. The van der Waals surface area contributed by atoms with E-state index in [1.165, 1.54) is 5.56 Å². The van der Waals surface area contributed by atoms with Gasteiger partial charge in [-0.1, -0.05) is 15.9 Å². The molecule has 19 heavy (non-hydrogen) atoms. The van der Waals surface area contributed by atoms with Gasteiger partial charge in [0, 0.05) is 23.2 Å². The molecule has 4 heteroatoms. The van der Waals surface area contributed by atoms with E-state index < -0.39 is 0 Å².